The van der Waals surface area contributed by atoms with Crippen LogP contribution in [-0.2, 0) is 21.4 Å². The number of sulfonamides is 1. The molecule has 2 aromatic carbocycles. The van der Waals surface area contributed by atoms with Crippen LogP contribution in [0.5, 0.6) is 0 Å². The minimum Gasteiger partial charge on any atom is -0.393 e. The molecule has 5 nitrogen and oxygen atoms in total. The van der Waals surface area contributed by atoms with Gasteiger partial charge >= 0.3 is 0 Å². The third-order valence-corrected chi connectivity index (χ3v) is 6.79. The van der Waals surface area contributed by atoms with Gasteiger partial charge in [0.15, 0.2) is 0 Å². The lowest BCUT2D eigenvalue weighted by Crippen LogP contribution is -2.45. The second kappa shape index (κ2) is 9.47. The van der Waals surface area contributed by atoms with Gasteiger partial charge in [-0.1, -0.05) is 60.2 Å². The van der Waals surface area contributed by atoms with E-state index in [0.717, 1.165) is 11.1 Å². The van der Waals surface area contributed by atoms with Crippen LogP contribution in [0.3, 0.4) is 0 Å². The van der Waals surface area contributed by atoms with Crippen LogP contribution in [-0.4, -0.2) is 43.1 Å². The Morgan fingerprint density at radius 2 is 1.79 bits per heavy atom. The van der Waals surface area contributed by atoms with Gasteiger partial charge in [-0.05, 0) is 37.5 Å². The third kappa shape index (κ3) is 5.29. The summed E-state index contributed by atoms with van der Waals surface area (Å²) in [6, 6.07) is 16.2. The van der Waals surface area contributed by atoms with Gasteiger partial charge in [0.1, 0.15) is 0 Å². The molecule has 1 aliphatic heterocycles. The highest BCUT2D eigenvalue weighted by Gasteiger charge is 2.33. The molecule has 28 heavy (non-hydrogen) atoms. The van der Waals surface area contributed by atoms with E-state index in [1.54, 1.807) is 30.3 Å². The van der Waals surface area contributed by atoms with Crippen LogP contribution in [0, 0.1) is 6.92 Å². The predicted molar refractivity (Wildman–Crippen MR) is 109 cm³/mol. The van der Waals surface area contributed by atoms with Crippen LogP contribution in [0.25, 0.3) is 0 Å². The Hall–Kier alpha value is -1.99. The number of nitrogens with zero attached hydrogens (tertiary/aromatic N) is 1. The van der Waals surface area contributed by atoms with Crippen LogP contribution in [0.15, 0.2) is 71.6 Å². The molecule has 0 unspecified atom stereocenters. The summed E-state index contributed by atoms with van der Waals surface area (Å²) in [4.78, 5) is 0.259. The fraction of sp³-hybridized carbons (Fsp3) is 0.364. The third-order valence-electron chi connectivity index (χ3n) is 4.86. The molecule has 3 rings (SSSR count). The Balaban J connectivity index is 1.80. The minimum atomic E-state index is -3.70. The monoisotopic (exact) mass is 401 g/mol. The number of hydrogen-bond donors (Lipinski definition) is 1. The molecule has 0 radical (unpaired) electrons. The molecule has 0 saturated heterocycles. The molecule has 2 aromatic rings. The molecule has 0 spiro atoms. The highest BCUT2D eigenvalue weighted by molar-refractivity contribution is 7.89. The van der Waals surface area contributed by atoms with Gasteiger partial charge in [0, 0.05) is 6.54 Å². The number of aliphatic hydroxyl groups excluding tert-OH is 1. The van der Waals surface area contributed by atoms with Crippen molar-refractivity contribution in [1.29, 1.82) is 0 Å². The first kappa shape index (κ1) is 20.7. The first-order valence-electron chi connectivity index (χ1n) is 9.50. The SMILES string of the molecule is Cc1ccc(S(=O)(=O)N2C/C=C\C[C@H](O)C[C@H]2COCc2ccccc2)cc1. The largest absolute Gasteiger partial charge is 0.393 e. The zero-order valence-electron chi connectivity index (χ0n) is 16.1. The van der Waals surface area contributed by atoms with Crippen molar-refractivity contribution >= 4 is 10.0 Å². The normalized spacial score (nSPS) is 22.4. The first-order valence-corrected chi connectivity index (χ1v) is 10.9. The van der Waals surface area contributed by atoms with E-state index in [4.69, 9.17) is 4.74 Å². The van der Waals surface area contributed by atoms with Crippen LogP contribution in [0.2, 0.25) is 0 Å². The molecule has 0 aromatic heterocycles. The van der Waals surface area contributed by atoms with E-state index in [0.29, 0.717) is 19.4 Å². The fourth-order valence-corrected chi connectivity index (χ4v) is 4.86. The lowest BCUT2D eigenvalue weighted by atomic mass is 10.1. The Labute approximate surface area is 167 Å². The molecule has 0 aliphatic carbocycles. The van der Waals surface area contributed by atoms with E-state index in [9.17, 15) is 13.5 Å². The highest BCUT2D eigenvalue weighted by Crippen LogP contribution is 2.24. The van der Waals surface area contributed by atoms with Crippen molar-refractivity contribution in [2.75, 3.05) is 13.2 Å². The first-order chi connectivity index (χ1) is 13.5. The molecule has 0 amide bonds. The summed E-state index contributed by atoms with van der Waals surface area (Å²) in [6.07, 6.45) is 3.90. The average Bonchev–Trinajstić information content (AvgIpc) is 2.66. The summed E-state index contributed by atoms with van der Waals surface area (Å²) >= 11 is 0. The van der Waals surface area contributed by atoms with Gasteiger partial charge in [0.05, 0.1) is 30.3 Å². The van der Waals surface area contributed by atoms with Gasteiger partial charge < -0.3 is 9.84 Å². The average molecular weight is 402 g/mol. The van der Waals surface area contributed by atoms with Crippen LogP contribution in [0.4, 0.5) is 0 Å². The van der Waals surface area contributed by atoms with Crippen molar-refractivity contribution in [2.24, 2.45) is 0 Å². The highest BCUT2D eigenvalue weighted by atomic mass is 32.2. The van der Waals surface area contributed by atoms with Gasteiger partial charge in [-0.3, -0.25) is 0 Å². The zero-order valence-corrected chi connectivity index (χ0v) is 16.9. The number of ether oxygens (including phenoxy) is 1. The number of aliphatic hydroxyl groups is 1. The summed E-state index contributed by atoms with van der Waals surface area (Å²) in [5, 5.41) is 10.3. The second-order valence-electron chi connectivity index (χ2n) is 7.14. The summed E-state index contributed by atoms with van der Waals surface area (Å²) in [6.45, 7) is 2.82. The summed E-state index contributed by atoms with van der Waals surface area (Å²) < 4.78 is 33.8. The standard InChI is InChI=1S/C22H27NO4S/c1-18-10-12-22(13-11-18)28(25,26)23-14-6-5-9-21(24)15-20(23)17-27-16-19-7-3-2-4-8-19/h2-8,10-13,20-21,24H,9,14-17H2,1H3/b6-5-/t20-,21-/m0/s1. The van der Waals surface area contributed by atoms with Gasteiger partial charge in [-0.2, -0.15) is 4.31 Å². The smallest absolute Gasteiger partial charge is 0.243 e. The Bertz CT molecular complexity index is 879. The second-order valence-corrected chi connectivity index (χ2v) is 9.03. The molecule has 1 heterocycles. The molecule has 0 saturated carbocycles. The predicted octanol–water partition coefficient (Wildman–Crippen LogP) is 3.28. The lowest BCUT2D eigenvalue weighted by molar-refractivity contribution is 0.0515. The number of aryl methyl sites for hydroxylation is 1. The Kier molecular flexibility index (Phi) is 7.02. The van der Waals surface area contributed by atoms with E-state index < -0.39 is 22.2 Å². The molecule has 0 bridgehead atoms. The lowest BCUT2D eigenvalue weighted by Gasteiger charge is -2.32. The van der Waals surface area contributed by atoms with Gasteiger partial charge in [0.25, 0.3) is 0 Å². The molecular weight excluding hydrogens is 374 g/mol. The fourth-order valence-electron chi connectivity index (χ4n) is 3.29. The van der Waals surface area contributed by atoms with E-state index in [2.05, 4.69) is 0 Å². The Morgan fingerprint density at radius 3 is 2.50 bits per heavy atom. The maximum Gasteiger partial charge on any atom is 0.243 e. The quantitative estimate of drug-likeness (QED) is 0.755. The van der Waals surface area contributed by atoms with E-state index >= 15 is 0 Å². The maximum atomic E-state index is 13.3. The summed E-state index contributed by atoms with van der Waals surface area (Å²) in [7, 11) is -3.70. The van der Waals surface area contributed by atoms with Gasteiger partial charge in [0.2, 0.25) is 10.0 Å². The minimum absolute atomic E-state index is 0.227. The van der Waals surface area contributed by atoms with Gasteiger partial charge in [-0.25, -0.2) is 8.42 Å². The molecule has 0 fully saturated rings. The van der Waals surface area contributed by atoms with Crippen molar-refractivity contribution < 1.29 is 18.3 Å². The molecular formula is C22H27NO4S. The van der Waals surface area contributed by atoms with Crippen molar-refractivity contribution in [3.63, 3.8) is 0 Å². The van der Waals surface area contributed by atoms with E-state index in [-0.39, 0.29) is 18.0 Å². The number of hydrogen-bond acceptors (Lipinski definition) is 4. The Morgan fingerprint density at radius 1 is 1.07 bits per heavy atom. The van der Waals surface area contributed by atoms with Crippen LogP contribution in [0.1, 0.15) is 24.0 Å². The number of rotatable bonds is 6. The zero-order chi connectivity index (χ0) is 20.0. The van der Waals surface area contributed by atoms with Crippen molar-refractivity contribution in [3.05, 3.63) is 77.9 Å². The van der Waals surface area contributed by atoms with E-state index in [1.807, 2.05) is 43.3 Å². The number of benzene rings is 2. The molecule has 150 valence electrons. The molecule has 6 heteroatoms. The maximum absolute atomic E-state index is 13.3. The van der Waals surface area contributed by atoms with Crippen molar-refractivity contribution in [3.8, 4) is 0 Å². The molecule has 1 aliphatic rings. The van der Waals surface area contributed by atoms with Crippen molar-refractivity contribution in [1.82, 2.24) is 4.31 Å². The van der Waals surface area contributed by atoms with Crippen LogP contribution >= 0.6 is 0 Å². The molecule has 1 N–H and O–H groups in total. The summed E-state index contributed by atoms with van der Waals surface area (Å²) in [5.41, 5.74) is 2.03. The van der Waals surface area contributed by atoms with Gasteiger partial charge in [-0.15, -0.1) is 0 Å². The summed E-state index contributed by atoms with van der Waals surface area (Å²) in [5.74, 6) is 0. The van der Waals surface area contributed by atoms with Crippen LogP contribution < -0.4 is 0 Å². The molecule has 2 atom stereocenters. The topological polar surface area (TPSA) is 66.8 Å². The van der Waals surface area contributed by atoms with Crippen molar-refractivity contribution in [2.45, 2.75) is 43.4 Å². The van der Waals surface area contributed by atoms with E-state index in [1.165, 1.54) is 4.31 Å².